The van der Waals surface area contributed by atoms with Gasteiger partial charge in [-0.05, 0) is 13.3 Å². The zero-order chi connectivity index (χ0) is 14.9. The SMILES string of the molecule is CCNc1nc(NCCCOC)nc(N2CCOCC2)n1. The molecule has 2 N–H and O–H groups in total. The molecule has 2 heterocycles. The molecule has 0 unspecified atom stereocenters. The van der Waals surface area contributed by atoms with E-state index in [0.717, 1.165) is 32.6 Å². The first-order chi connectivity index (χ1) is 10.3. The molecule has 1 aromatic heterocycles. The molecule has 1 saturated heterocycles. The van der Waals surface area contributed by atoms with Crippen LogP contribution in [-0.4, -0.2) is 68.1 Å². The van der Waals surface area contributed by atoms with Crippen LogP contribution in [0.1, 0.15) is 13.3 Å². The lowest BCUT2D eigenvalue weighted by Gasteiger charge is -2.27. The Morgan fingerprint density at radius 3 is 2.52 bits per heavy atom. The van der Waals surface area contributed by atoms with Crippen LogP contribution in [0.4, 0.5) is 17.8 Å². The van der Waals surface area contributed by atoms with Gasteiger partial charge in [-0.25, -0.2) is 0 Å². The molecule has 8 nitrogen and oxygen atoms in total. The van der Waals surface area contributed by atoms with Gasteiger partial charge < -0.3 is 25.0 Å². The Morgan fingerprint density at radius 2 is 1.86 bits per heavy atom. The second-order valence-electron chi connectivity index (χ2n) is 4.69. The van der Waals surface area contributed by atoms with Crippen LogP contribution in [0.15, 0.2) is 0 Å². The number of hydrogen-bond acceptors (Lipinski definition) is 8. The van der Waals surface area contributed by atoms with E-state index in [1.54, 1.807) is 7.11 Å². The number of anilines is 3. The van der Waals surface area contributed by atoms with Crippen molar-refractivity contribution in [3.05, 3.63) is 0 Å². The van der Waals surface area contributed by atoms with Crippen molar-refractivity contribution in [2.75, 3.05) is 68.6 Å². The Morgan fingerprint density at radius 1 is 1.14 bits per heavy atom. The van der Waals surface area contributed by atoms with E-state index in [0.29, 0.717) is 37.7 Å². The summed E-state index contributed by atoms with van der Waals surface area (Å²) in [7, 11) is 1.70. The minimum Gasteiger partial charge on any atom is -0.385 e. The molecule has 1 aliphatic heterocycles. The minimum absolute atomic E-state index is 0.596. The first-order valence-electron chi connectivity index (χ1n) is 7.39. The Bertz CT molecular complexity index is 425. The van der Waals surface area contributed by atoms with E-state index in [9.17, 15) is 0 Å². The molecule has 2 rings (SSSR count). The van der Waals surface area contributed by atoms with Crippen molar-refractivity contribution < 1.29 is 9.47 Å². The maximum absolute atomic E-state index is 5.36. The highest BCUT2D eigenvalue weighted by Gasteiger charge is 2.16. The van der Waals surface area contributed by atoms with Gasteiger partial charge in [-0.2, -0.15) is 15.0 Å². The number of aromatic nitrogens is 3. The third-order valence-corrected chi connectivity index (χ3v) is 3.06. The number of nitrogens with one attached hydrogen (secondary N) is 2. The van der Waals surface area contributed by atoms with E-state index < -0.39 is 0 Å². The van der Waals surface area contributed by atoms with Crippen molar-refractivity contribution in [1.29, 1.82) is 0 Å². The molecule has 0 spiro atoms. The van der Waals surface area contributed by atoms with Crippen molar-refractivity contribution in [2.24, 2.45) is 0 Å². The molecule has 1 aliphatic rings. The number of methoxy groups -OCH3 is 1. The third kappa shape index (κ3) is 4.98. The molecule has 0 bridgehead atoms. The number of nitrogens with zero attached hydrogens (tertiary/aromatic N) is 4. The Labute approximate surface area is 125 Å². The van der Waals surface area contributed by atoms with Crippen LogP contribution in [0.2, 0.25) is 0 Å². The van der Waals surface area contributed by atoms with E-state index >= 15 is 0 Å². The van der Waals surface area contributed by atoms with Crippen molar-refractivity contribution in [3.8, 4) is 0 Å². The van der Waals surface area contributed by atoms with E-state index in [2.05, 4.69) is 30.5 Å². The summed E-state index contributed by atoms with van der Waals surface area (Å²) in [6, 6.07) is 0. The molecule has 0 saturated carbocycles. The predicted octanol–water partition coefficient (Wildman–Crippen LogP) is 0.588. The van der Waals surface area contributed by atoms with Gasteiger partial charge in [0.2, 0.25) is 17.8 Å². The predicted molar refractivity (Wildman–Crippen MR) is 82.0 cm³/mol. The number of rotatable bonds is 8. The highest BCUT2D eigenvalue weighted by atomic mass is 16.5. The Balaban J connectivity index is 2.05. The normalized spacial score (nSPS) is 15.0. The van der Waals surface area contributed by atoms with Gasteiger partial charge >= 0.3 is 0 Å². The molecule has 0 amide bonds. The highest BCUT2D eigenvalue weighted by Crippen LogP contribution is 2.14. The van der Waals surface area contributed by atoms with Gasteiger partial charge in [0.05, 0.1) is 13.2 Å². The lowest BCUT2D eigenvalue weighted by molar-refractivity contribution is 0.122. The third-order valence-electron chi connectivity index (χ3n) is 3.06. The Kier molecular flexibility index (Phi) is 6.42. The molecular formula is C13H24N6O2. The summed E-state index contributed by atoms with van der Waals surface area (Å²) in [5.74, 6) is 1.89. The van der Waals surface area contributed by atoms with Crippen LogP contribution in [-0.2, 0) is 9.47 Å². The molecule has 0 aromatic carbocycles. The van der Waals surface area contributed by atoms with Crippen molar-refractivity contribution in [3.63, 3.8) is 0 Å². The first-order valence-corrected chi connectivity index (χ1v) is 7.39. The van der Waals surface area contributed by atoms with Gasteiger partial charge in [-0.1, -0.05) is 0 Å². The molecule has 118 valence electrons. The van der Waals surface area contributed by atoms with Crippen LogP contribution in [0.25, 0.3) is 0 Å². The van der Waals surface area contributed by atoms with Crippen LogP contribution in [0, 0.1) is 0 Å². The monoisotopic (exact) mass is 296 g/mol. The van der Waals surface area contributed by atoms with Gasteiger partial charge in [0, 0.05) is 39.9 Å². The number of hydrogen-bond donors (Lipinski definition) is 2. The summed E-state index contributed by atoms with van der Waals surface area (Å²) in [6.45, 7) is 7.30. The van der Waals surface area contributed by atoms with Gasteiger partial charge in [0.15, 0.2) is 0 Å². The largest absolute Gasteiger partial charge is 0.385 e. The smallest absolute Gasteiger partial charge is 0.232 e. The summed E-state index contributed by atoms with van der Waals surface area (Å²) >= 11 is 0. The zero-order valence-electron chi connectivity index (χ0n) is 12.8. The van der Waals surface area contributed by atoms with E-state index in [1.165, 1.54) is 0 Å². The maximum atomic E-state index is 5.36. The number of ether oxygens (including phenoxy) is 2. The van der Waals surface area contributed by atoms with Crippen LogP contribution < -0.4 is 15.5 Å². The van der Waals surface area contributed by atoms with Gasteiger partial charge in [0.25, 0.3) is 0 Å². The fraction of sp³-hybridized carbons (Fsp3) is 0.769. The first kappa shape index (κ1) is 15.7. The minimum atomic E-state index is 0.596. The second-order valence-corrected chi connectivity index (χ2v) is 4.69. The van der Waals surface area contributed by atoms with E-state index in [1.807, 2.05) is 6.92 Å². The standard InChI is InChI=1S/C13H24N6O2/c1-3-14-11-16-12(15-5-4-8-20-2)18-13(17-11)19-6-9-21-10-7-19/h3-10H2,1-2H3,(H2,14,15,16,17,18). The van der Waals surface area contributed by atoms with Crippen LogP contribution in [0.3, 0.4) is 0 Å². The summed E-state index contributed by atoms with van der Waals surface area (Å²) in [5, 5.41) is 6.36. The average molecular weight is 296 g/mol. The summed E-state index contributed by atoms with van der Waals surface area (Å²) in [4.78, 5) is 15.4. The van der Waals surface area contributed by atoms with Crippen molar-refractivity contribution in [2.45, 2.75) is 13.3 Å². The van der Waals surface area contributed by atoms with Gasteiger partial charge in [0.1, 0.15) is 0 Å². The van der Waals surface area contributed by atoms with Crippen molar-refractivity contribution >= 4 is 17.8 Å². The fourth-order valence-corrected chi connectivity index (χ4v) is 2.00. The molecule has 0 aliphatic carbocycles. The molecule has 21 heavy (non-hydrogen) atoms. The zero-order valence-corrected chi connectivity index (χ0v) is 12.8. The molecule has 0 atom stereocenters. The lowest BCUT2D eigenvalue weighted by Crippen LogP contribution is -2.37. The highest BCUT2D eigenvalue weighted by molar-refractivity contribution is 5.44. The quantitative estimate of drug-likeness (QED) is 0.674. The van der Waals surface area contributed by atoms with Gasteiger partial charge in [-0.15, -0.1) is 0 Å². The number of morpholine rings is 1. The van der Waals surface area contributed by atoms with Crippen LogP contribution in [0.5, 0.6) is 0 Å². The lowest BCUT2D eigenvalue weighted by atomic mass is 10.4. The van der Waals surface area contributed by atoms with Crippen molar-refractivity contribution in [1.82, 2.24) is 15.0 Å². The van der Waals surface area contributed by atoms with Gasteiger partial charge in [-0.3, -0.25) is 0 Å². The Hall–Kier alpha value is -1.67. The molecule has 1 aromatic rings. The van der Waals surface area contributed by atoms with E-state index in [-0.39, 0.29) is 0 Å². The summed E-state index contributed by atoms with van der Waals surface area (Å²) in [5.41, 5.74) is 0. The molecule has 8 heteroatoms. The second kappa shape index (κ2) is 8.58. The summed E-state index contributed by atoms with van der Waals surface area (Å²) in [6.07, 6.45) is 0.908. The molecule has 0 radical (unpaired) electrons. The molecular weight excluding hydrogens is 272 g/mol. The van der Waals surface area contributed by atoms with E-state index in [4.69, 9.17) is 9.47 Å². The maximum Gasteiger partial charge on any atom is 0.232 e. The fourth-order valence-electron chi connectivity index (χ4n) is 2.00. The molecule has 1 fully saturated rings. The topological polar surface area (TPSA) is 84.4 Å². The van der Waals surface area contributed by atoms with Crippen LogP contribution >= 0.6 is 0 Å². The average Bonchev–Trinajstić information content (AvgIpc) is 2.53. The summed E-state index contributed by atoms with van der Waals surface area (Å²) < 4.78 is 10.4.